The number of thioether (sulfide) groups is 1. The predicted octanol–water partition coefficient (Wildman–Crippen LogP) is 2.70. The molecule has 0 radical (unpaired) electrons. The van der Waals surface area contributed by atoms with Crippen LogP contribution in [0.25, 0.3) is 0 Å². The molecular formula is C15H22N2S. The zero-order valence-electron chi connectivity index (χ0n) is 11.1. The van der Waals surface area contributed by atoms with Gasteiger partial charge in [-0.05, 0) is 24.9 Å². The van der Waals surface area contributed by atoms with Crippen LogP contribution in [-0.4, -0.2) is 34.7 Å². The summed E-state index contributed by atoms with van der Waals surface area (Å²) in [5, 5.41) is 4.57. The molecule has 1 N–H and O–H groups in total. The molecule has 1 aromatic rings. The van der Waals surface area contributed by atoms with E-state index in [1.807, 2.05) is 0 Å². The average Bonchev–Trinajstić information content (AvgIpc) is 2.73. The lowest BCUT2D eigenvalue weighted by atomic mass is 10.2. The Balaban J connectivity index is 1.61. The highest BCUT2D eigenvalue weighted by molar-refractivity contribution is 8.01. The van der Waals surface area contributed by atoms with E-state index in [2.05, 4.69) is 59.2 Å². The lowest BCUT2D eigenvalue weighted by Gasteiger charge is -2.37. The number of hydrogen-bond donors (Lipinski definition) is 1. The number of likely N-dealkylation sites (tertiary alicyclic amines) is 1. The molecule has 2 aliphatic rings. The minimum absolute atomic E-state index is 0.340. The van der Waals surface area contributed by atoms with Gasteiger partial charge < -0.3 is 5.32 Å². The van der Waals surface area contributed by atoms with Crippen LogP contribution in [0.1, 0.15) is 25.3 Å². The summed E-state index contributed by atoms with van der Waals surface area (Å²) in [5.74, 6) is 0. The smallest absolute Gasteiger partial charge is 0.0788 e. The second-order valence-electron chi connectivity index (χ2n) is 5.58. The van der Waals surface area contributed by atoms with Gasteiger partial charge in [0.15, 0.2) is 0 Å². The van der Waals surface area contributed by atoms with Gasteiger partial charge in [-0.3, -0.25) is 4.90 Å². The van der Waals surface area contributed by atoms with Gasteiger partial charge in [-0.2, -0.15) is 0 Å². The molecule has 3 heteroatoms. The molecule has 0 saturated carbocycles. The quantitative estimate of drug-likeness (QED) is 0.882. The summed E-state index contributed by atoms with van der Waals surface area (Å²) >= 11 is 2.16. The van der Waals surface area contributed by atoms with Gasteiger partial charge >= 0.3 is 0 Å². The number of hydrogen-bond acceptors (Lipinski definition) is 3. The maximum absolute atomic E-state index is 3.76. The first-order chi connectivity index (χ1) is 8.76. The van der Waals surface area contributed by atoms with Crippen molar-refractivity contribution in [3.8, 4) is 0 Å². The SMILES string of the molecule is CC1CCNC2(CCN(Cc3ccccc3)C2)S1. The molecule has 1 aromatic carbocycles. The molecule has 2 nitrogen and oxygen atoms in total. The van der Waals surface area contributed by atoms with E-state index in [0.29, 0.717) is 4.87 Å². The largest absolute Gasteiger partial charge is 0.302 e. The van der Waals surface area contributed by atoms with Gasteiger partial charge in [0.1, 0.15) is 0 Å². The molecule has 2 aliphatic heterocycles. The molecule has 0 bridgehead atoms. The Morgan fingerprint density at radius 1 is 1.39 bits per heavy atom. The van der Waals surface area contributed by atoms with E-state index in [9.17, 15) is 0 Å². The minimum atomic E-state index is 0.340. The monoisotopic (exact) mass is 262 g/mol. The first-order valence-electron chi connectivity index (χ1n) is 6.95. The van der Waals surface area contributed by atoms with Crippen molar-refractivity contribution in [2.75, 3.05) is 19.6 Å². The fourth-order valence-corrected chi connectivity index (χ4v) is 4.72. The van der Waals surface area contributed by atoms with Crippen LogP contribution in [0, 0.1) is 0 Å². The molecule has 3 rings (SSSR count). The van der Waals surface area contributed by atoms with Crippen LogP contribution in [0.2, 0.25) is 0 Å². The molecule has 0 amide bonds. The second kappa shape index (κ2) is 5.24. The first kappa shape index (κ1) is 12.5. The molecule has 2 fully saturated rings. The Labute approximate surface area is 114 Å². The number of nitrogens with one attached hydrogen (secondary N) is 1. The van der Waals surface area contributed by atoms with Crippen molar-refractivity contribution in [3.63, 3.8) is 0 Å². The molecule has 0 aliphatic carbocycles. The predicted molar refractivity (Wildman–Crippen MR) is 78.7 cm³/mol. The fourth-order valence-electron chi connectivity index (χ4n) is 3.06. The Hall–Kier alpha value is -0.510. The summed E-state index contributed by atoms with van der Waals surface area (Å²) in [6.07, 6.45) is 2.60. The van der Waals surface area contributed by atoms with Gasteiger partial charge in [0.2, 0.25) is 0 Å². The second-order valence-corrected chi connectivity index (χ2v) is 7.41. The summed E-state index contributed by atoms with van der Waals surface area (Å²) in [7, 11) is 0. The van der Waals surface area contributed by atoms with E-state index in [1.165, 1.54) is 38.0 Å². The van der Waals surface area contributed by atoms with Crippen molar-refractivity contribution >= 4 is 11.8 Å². The number of nitrogens with zero attached hydrogens (tertiary/aromatic N) is 1. The lowest BCUT2D eigenvalue weighted by Crippen LogP contribution is -2.49. The van der Waals surface area contributed by atoms with Crippen LogP contribution in [0.15, 0.2) is 30.3 Å². The highest BCUT2D eigenvalue weighted by Crippen LogP contribution is 2.39. The Kier molecular flexibility index (Phi) is 3.64. The van der Waals surface area contributed by atoms with Crippen LogP contribution < -0.4 is 5.32 Å². The summed E-state index contributed by atoms with van der Waals surface area (Å²) in [5.41, 5.74) is 1.43. The standard InChI is InChI=1S/C15H22N2S/c1-13-7-9-16-15(18-13)8-10-17(12-15)11-14-5-3-2-4-6-14/h2-6,13,16H,7-12H2,1H3. The van der Waals surface area contributed by atoms with Crippen molar-refractivity contribution in [1.29, 1.82) is 0 Å². The van der Waals surface area contributed by atoms with Gasteiger partial charge in [0, 0.05) is 24.9 Å². The van der Waals surface area contributed by atoms with Gasteiger partial charge in [-0.1, -0.05) is 37.3 Å². The van der Waals surface area contributed by atoms with Crippen molar-refractivity contribution in [2.45, 2.75) is 36.4 Å². The highest BCUT2D eigenvalue weighted by Gasteiger charge is 2.41. The molecule has 2 unspecified atom stereocenters. The third-order valence-electron chi connectivity index (χ3n) is 3.98. The van der Waals surface area contributed by atoms with Crippen LogP contribution >= 0.6 is 11.8 Å². The van der Waals surface area contributed by atoms with Gasteiger partial charge in [0.25, 0.3) is 0 Å². The average molecular weight is 262 g/mol. The molecule has 0 aromatic heterocycles. The fraction of sp³-hybridized carbons (Fsp3) is 0.600. The Bertz CT molecular complexity index is 395. The van der Waals surface area contributed by atoms with E-state index < -0.39 is 0 Å². The molecule has 1 spiro atoms. The maximum Gasteiger partial charge on any atom is 0.0788 e. The van der Waals surface area contributed by atoms with E-state index >= 15 is 0 Å². The molecule has 2 heterocycles. The van der Waals surface area contributed by atoms with Crippen molar-refractivity contribution < 1.29 is 0 Å². The minimum Gasteiger partial charge on any atom is -0.302 e. The Morgan fingerprint density at radius 3 is 3.00 bits per heavy atom. The number of benzene rings is 1. The molecule has 98 valence electrons. The van der Waals surface area contributed by atoms with Gasteiger partial charge in [0.05, 0.1) is 4.87 Å². The van der Waals surface area contributed by atoms with E-state index in [4.69, 9.17) is 0 Å². The molecular weight excluding hydrogens is 240 g/mol. The Morgan fingerprint density at radius 2 is 2.22 bits per heavy atom. The van der Waals surface area contributed by atoms with Crippen molar-refractivity contribution in [2.24, 2.45) is 0 Å². The highest BCUT2D eigenvalue weighted by atomic mass is 32.2. The van der Waals surface area contributed by atoms with Crippen molar-refractivity contribution in [3.05, 3.63) is 35.9 Å². The van der Waals surface area contributed by atoms with Crippen LogP contribution in [0.5, 0.6) is 0 Å². The normalized spacial score (nSPS) is 33.1. The summed E-state index contributed by atoms with van der Waals surface area (Å²) in [6, 6.07) is 10.8. The topological polar surface area (TPSA) is 15.3 Å². The van der Waals surface area contributed by atoms with Crippen LogP contribution in [0.3, 0.4) is 0 Å². The van der Waals surface area contributed by atoms with E-state index in [0.717, 1.165) is 11.8 Å². The van der Waals surface area contributed by atoms with Gasteiger partial charge in [-0.25, -0.2) is 0 Å². The zero-order chi connectivity index (χ0) is 12.4. The molecule has 2 saturated heterocycles. The maximum atomic E-state index is 3.76. The summed E-state index contributed by atoms with van der Waals surface area (Å²) in [6.45, 7) is 7.07. The lowest BCUT2D eigenvalue weighted by molar-refractivity contribution is 0.311. The van der Waals surface area contributed by atoms with Crippen LogP contribution in [0.4, 0.5) is 0 Å². The van der Waals surface area contributed by atoms with Gasteiger partial charge in [-0.15, -0.1) is 11.8 Å². The summed E-state index contributed by atoms with van der Waals surface area (Å²) in [4.78, 5) is 2.93. The molecule has 18 heavy (non-hydrogen) atoms. The third-order valence-corrected chi connectivity index (χ3v) is 5.55. The molecule has 2 atom stereocenters. The number of rotatable bonds is 2. The first-order valence-corrected chi connectivity index (χ1v) is 7.83. The van der Waals surface area contributed by atoms with E-state index in [-0.39, 0.29) is 0 Å². The van der Waals surface area contributed by atoms with Crippen LogP contribution in [-0.2, 0) is 6.54 Å². The van der Waals surface area contributed by atoms with E-state index in [1.54, 1.807) is 0 Å². The summed E-state index contributed by atoms with van der Waals surface area (Å²) < 4.78 is 0. The third kappa shape index (κ3) is 2.73. The zero-order valence-corrected chi connectivity index (χ0v) is 11.9. The van der Waals surface area contributed by atoms with Crippen molar-refractivity contribution in [1.82, 2.24) is 10.2 Å².